The number of fused-ring (bicyclic) bond motifs is 2. The number of hydrogen-bond acceptors (Lipinski definition) is 11. The first kappa shape index (κ1) is 37.9. The average molecular weight is 882 g/mol. The molecule has 4 heterocycles. The molecule has 1 saturated heterocycles. The first-order chi connectivity index (χ1) is 27.9. The zero-order chi connectivity index (χ0) is 39.1. The number of halogens is 1. The number of H-pyrrole nitrogens is 1. The monoisotopic (exact) mass is 881 g/mol. The smallest absolute Gasteiger partial charge is 0.417 e. The Morgan fingerprint density at radius 3 is 2.63 bits per heavy atom. The molecule has 8 rings (SSSR count). The summed E-state index contributed by atoms with van der Waals surface area (Å²) in [6, 6.07) is 27.3. The molecule has 0 spiro atoms. The van der Waals surface area contributed by atoms with Gasteiger partial charge in [0.05, 0.1) is 39.7 Å². The maximum Gasteiger partial charge on any atom is 0.417 e. The molecular formula is C41H40IN9O6. The Morgan fingerprint density at radius 1 is 0.982 bits per heavy atom. The maximum absolute atomic E-state index is 13.7. The fraction of sp³-hybridized carbons (Fsp3) is 0.244. The Bertz CT molecular complexity index is 2550. The molecule has 4 N–H and O–H groups in total. The number of aromatic amines is 1. The zero-order valence-electron chi connectivity index (χ0n) is 31.0. The largest absolute Gasteiger partial charge is 0.492 e. The summed E-state index contributed by atoms with van der Waals surface area (Å²) in [4.78, 5) is 39.1. The molecule has 1 aliphatic rings. The van der Waals surface area contributed by atoms with Crippen molar-refractivity contribution in [1.82, 2.24) is 29.6 Å². The van der Waals surface area contributed by atoms with Crippen molar-refractivity contribution < 1.29 is 23.4 Å². The highest BCUT2D eigenvalue weighted by molar-refractivity contribution is 14.1. The maximum atomic E-state index is 13.7. The molecule has 0 aliphatic carbocycles. The van der Waals surface area contributed by atoms with Gasteiger partial charge in [-0.05, 0) is 61.0 Å². The number of anilines is 4. The van der Waals surface area contributed by atoms with E-state index in [1.165, 1.54) is 0 Å². The summed E-state index contributed by atoms with van der Waals surface area (Å²) in [5.41, 5.74) is 3.92. The number of ether oxygens (including phenoxy) is 3. The number of benzene rings is 4. The second-order valence-electron chi connectivity index (χ2n) is 13.3. The molecule has 0 radical (unpaired) electrons. The van der Waals surface area contributed by atoms with Crippen LogP contribution in [0.25, 0.3) is 27.6 Å². The topological polar surface area (TPSA) is 174 Å². The van der Waals surface area contributed by atoms with Crippen LogP contribution in [0, 0.1) is 0 Å². The first-order valence-corrected chi connectivity index (χ1v) is 19.9. The predicted molar refractivity (Wildman–Crippen MR) is 227 cm³/mol. The van der Waals surface area contributed by atoms with Gasteiger partial charge in [-0.15, -0.1) is 0 Å². The summed E-state index contributed by atoms with van der Waals surface area (Å²) in [6.45, 7) is 6.93. The van der Waals surface area contributed by atoms with Gasteiger partial charge in [-0.2, -0.15) is 10.1 Å². The van der Waals surface area contributed by atoms with Gasteiger partial charge < -0.3 is 29.3 Å². The van der Waals surface area contributed by atoms with Crippen molar-refractivity contribution in [1.29, 1.82) is 0 Å². The minimum Gasteiger partial charge on any atom is -0.492 e. The minimum absolute atomic E-state index is 0.178. The van der Waals surface area contributed by atoms with E-state index < -0.39 is 11.8 Å². The number of rotatable bonds is 14. The van der Waals surface area contributed by atoms with E-state index in [0.717, 1.165) is 73.6 Å². The third kappa shape index (κ3) is 9.19. The van der Waals surface area contributed by atoms with Crippen LogP contribution in [0.15, 0.2) is 106 Å². The summed E-state index contributed by atoms with van der Waals surface area (Å²) in [6.07, 6.45) is 3.55. The van der Waals surface area contributed by atoms with E-state index in [1.807, 2.05) is 54.6 Å². The number of oxazole rings is 1. The predicted octanol–water partition coefficient (Wildman–Crippen LogP) is 8.42. The number of amides is 2. The Hall–Kier alpha value is -5.98. The highest BCUT2D eigenvalue weighted by Gasteiger charge is 2.19. The van der Waals surface area contributed by atoms with Crippen LogP contribution in [0.1, 0.15) is 29.4 Å². The quantitative estimate of drug-likeness (QED) is 0.0610. The van der Waals surface area contributed by atoms with E-state index in [1.54, 1.807) is 47.3 Å². The van der Waals surface area contributed by atoms with Crippen LogP contribution in [-0.4, -0.2) is 75.1 Å². The molecule has 15 nitrogen and oxygen atoms in total. The van der Waals surface area contributed by atoms with Gasteiger partial charge in [-0.1, -0.05) is 60.2 Å². The molecule has 7 aromatic rings. The van der Waals surface area contributed by atoms with Crippen molar-refractivity contribution in [3.8, 4) is 23.1 Å². The SMILES string of the molecule is CCCC(I)c1cc(NC(=O)Nc2ccc(Oc3ccnc(Nc4ccc5oc(=O)[nH]c5c4)n3)c3ccccc23)n(-c2ccc(OCCN3CCOCC3)cc2)n1. The van der Waals surface area contributed by atoms with Gasteiger partial charge in [0.15, 0.2) is 5.58 Å². The summed E-state index contributed by atoms with van der Waals surface area (Å²) in [5.74, 6) is 1.92. The van der Waals surface area contributed by atoms with E-state index >= 15 is 0 Å². The Balaban J connectivity index is 0.965. The van der Waals surface area contributed by atoms with Gasteiger partial charge in [-0.25, -0.2) is 19.3 Å². The molecule has 292 valence electrons. The Kier molecular flexibility index (Phi) is 11.6. The van der Waals surface area contributed by atoms with Crippen LogP contribution < -0.4 is 31.2 Å². The lowest BCUT2D eigenvalue weighted by molar-refractivity contribution is 0.0322. The second kappa shape index (κ2) is 17.4. The number of aromatic nitrogens is 5. The molecule has 57 heavy (non-hydrogen) atoms. The van der Waals surface area contributed by atoms with E-state index in [2.05, 4.69) is 65.3 Å². The average Bonchev–Trinajstić information content (AvgIpc) is 3.82. The fourth-order valence-electron chi connectivity index (χ4n) is 6.51. The van der Waals surface area contributed by atoms with Crippen LogP contribution in [0.5, 0.6) is 17.4 Å². The normalized spacial score (nSPS) is 13.7. The van der Waals surface area contributed by atoms with Crippen molar-refractivity contribution in [2.24, 2.45) is 0 Å². The van der Waals surface area contributed by atoms with E-state index in [0.29, 0.717) is 52.5 Å². The van der Waals surface area contributed by atoms with Gasteiger partial charge in [-0.3, -0.25) is 15.2 Å². The van der Waals surface area contributed by atoms with Gasteiger partial charge in [0.25, 0.3) is 0 Å². The number of hydrogen-bond donors (Lipinski definition) is 4. The van der Waals surface area contributed by atoms with Gasteiger partial charge >= 0.3 is 11.8 Å². The third-order valence-electron chi connectivity index (χ3n) is 9.35. The summed E-state index contributed by atoms with van der Waals surface area (Å²) in [7, 11) is 0. The van der Waals surface area contributed by atoms with Gasteiger partial charge in [0.2, 0.25) is 11.8 Å². The van der Waals surface area contributed by atoms with Crippen LogP contribution in [-0.2, 0) is 4.74 Å². The lowest BCUT2D eigenvalue weighted by Crippen LogP contribution is -2.38. The van der Waals surface area contributed by atoms with Crippen LogP contribution in [0.4, 0.5) is 27.9 Å². The molecular weight excluding hydrogens is 841 g/mol. The first-order valence-electron chi connectivity index (χ1n) is 18.7. The van der Waals surface area contributed by atoms with Crippen molar-refractivity contribution >= 4 is 73.6 Å². The van der Waals surface area contributed by atoms with Crippen LogP contribution in [0.3, 0.4) is 0 Å². The highest BCUT2D eigenvalue weighted by atomic mass is 127. The van der Waals surface area contributed by atoms with Crippen molar-refractivity contribution in [2.75, 3.05) is 55.4 Å². The number of alkyl halides is 1. The number of morpholine rings is 1. The van der Waals surface area contributed by atoms with E-state index in [-0.39, 0.29) is 3.92 Å². The third-order valence-corrected chi connectivity index (χ3v) is 10.6. The molecule has 1 aliphatic heterocycles. The van der Waals surface area contributed by atoms with Gasteiger partial charge in [0.1, 0.15) is 23.9 Å². The highest BCUT2D eigenvalue weighted by Crippen LogP contribution is 2.35. The zero-order valence-corrected chi connectivity index (χ0v) is 33.2. The molecule has 1 fully saturated rings. The molecule has 1 unspecified atom stereocenters. The minimum atomic E-state index is -0.528. The number of carbonyl (C=O) groups is 1. The second-order valence-corrected chi connectivity index (χ2v) is 14.8. The van der Waals surface area contributed by atoms with E-state index in [9.17, 15) is 9.59 Å². The summed E-state index contributed by atoms with van der Waals surface area (Å²) in [5, 5.41) is 15.7. The van der Waals surface area contributed by atoms with Crippen LogP contribution >= 0.6 is 22.6 Å². The number of carbonyl (C=O) groups excluding carboxylic acids is 1. The molecule has 0 bridgehead atoms. The number of nitrogens with zero attached hydrogens (tertiary/aromatic N) is 5. The molecule has 3 aromatic heterocycles. The van der Waals surface area contributed by atoms with Crippen molar-refractivity contribution in [2.45, 2.75) is 23.7 Å². The molecule has 0 saturated carbocycles. The summed E-state index contributed by atoms with van der Waals surface area (Å²) < 4.78 is 24.7. The summed E-state index contributed by atoms with van der Waals surface area (Å²) >= 11 is 2.40. The van der Waals surface area contributed by atoms with E-state index in [4.69, 9.17) is 23.7 Å². The number of urea groups is 1. The standard InChI is InChI=1S/C41H40IN9O6/c1-2-5-31(42)33-25-37(51(49-33)27-9-11-28(12-10-27)55-23-20-50-18-21-54-22-19-50)47-40(52)45-32-13-15-35(30-7-4-3-6-29(30)32)56-38-16-17-43-39(48-38)44-26-8-14-36-34(24-26)46-41(53)57-36/h3-4,6-17,24-25,31H,2,5,18-23H2,1H3,(H,46,53)(H,43,44,48)(H2,45,47,52). The lowest BCUT2D eigenvalue weighted by atomic mass is 10.1. The molecule has 1 atom stereocenters. The molecule has 16 heteroatoms. The molecule has 2 amide bonds. The fourth-order valence-corrected chi connectivity index (χ4v) is 7.44. The van der Waals surface area contributed by atoms with Crippen LogP contribution in [0.2, 0.25) is 0 Å². The Morgan fingerprint density at radius 2 is 1.81 bits per heavy atom. The van der Waals surface area contributed by atoms with Gasteiger partial charge in [0, 0.05) is 54.4 Å². The Labute approximate surface area is 340 Å². The van der Waals surface area contributed by atoms with Crippen molar-refractivity contribution in [3.05, 3.63) is 113 Å². The van der Waals surface area contributed by atoms with Crippen molar-refractivity contribution in [3.63, 3.8) is 0 Å². The lowest BCUT2D eigenvalue weighted by Gasteiger charge is -2.26. The molecule has 4 aromatic carbocycles. The number of nitrogens with one attached hydrogen (secondary N) is 4.